The summed E-state index contributed by atoms with van der Waals surface area (Å²) in [4.78, 5) is 0. The first-order chi connectivity index (χ1) is 6.22. The van der Waals surface area contributed by atoms with Crippen molar-refractivity contribution >= 4 is 27.1 Å². The second-order valence-corrected chi connectivity index (χ2v) is 3.90. The summed E-state index contributed by atoms with van der Waals surface area (Å²) in [5.74, 6) is -0.153. The van der Waals surface area contributed by atoms with Crippen molar-refractivity contribution in [2.24, 2.45) is 0 Å². The number of rotatable bonds is 1. The number of halogens is 1. The Morgan fingerprint density at radius 3 is 2.92 bits per heavy atom. The number of aryl methyl sites for hydroxylation is 1. The lowest BCUT2D eigenvalue weighted by Gasteiger charge is -1.99. The maximum absolute atomic E-state index is 13.3. The van der Waals surface area contributed by atoms with Gasteiger partial charge in [-0.25, -0.2) is 4.39 Å². The van der Waals surface area contributed by atoms with Crippen LogP contribution < -0.4 is 5.73 Å². The molecule has 1 aromatic carbocycles. The molecule has 0 aliphatic rings. The fourth-order valence-electron chi connectivity index (χ4n) is 1.38. The fourth-order valence-corrected chi connectivity index (χ4v) is 2.27. The zero-order valence-corrected chi connectivity index (χ0v) is 8.12. The van der Waals surface area contributed by atoms with Gasteiger partial charge in [0.05, 0.1) is 5.69 Å². The number of fused-ring (bicyclic) bond motifs is 1. The second kappa shape index (κ2) is 3.00. The number of hydrogen-bond acceptors (Lipinski definition) is 2. The highest BCUT2D eigenvalue weighted by molar-refractivity contribution is 7.17. The van der Waals surface area contributed by atoms with Gasteiger partial charge in [-0.3, -0.25) is 0 Å². The molecule has 0 bridgehead atoms. The van der Waals surface area contributed by atoms with Crippen LogP contribution in [0.3, 0.4) is 0 Å². The molecule has 0 aliphatic carbocycles. The molecule has 0 unspecified atom stereocenters. The van der Waals surface area contributed by atoms with Crippen molar-refractivity contribution in [2.75, 3.05) is 5.73 Å². The summed E-state index contributed by atoms with van der Waals surface area (Å²) in [6.45, 7) is 1.95. The lowest BCUT2D eigenvalue weighted by Crippen LogP contribution is -1.87. The summed E-state index contributed by atoms with van der Waals surface area (Å²) in [7, 11) is 0. The molecule has 68 valence electrons. The number of hydrogen-bond donors (Lipinski definition) is 1. The Kier molecular flexibility index (Phi) is 1.96. The average molecular weight is 195 g/mol. The summed E-state index contributed by atoms with van der Waals surface area (Å²) in [6.07, 6.45) is 0.722. The molecule has 2 rings (SSSR count). The van der Waals surface area contributed by atoms with Crippen molar-refractivity contribution in [1.82, 2.24) is 0 Å². The lowest BCUT2D eigenvalue weighted by molar-refractivity contribution is 0.614. The van der Waals surface area contributed by atoms with E-state index >= 15 is 0 Å². The molecular weight excluding hydrogens is 185 g/mol. The molecule has 0 atom stereocenters. The first kappa shape index (κ1) is 8.51. The van der Waals surface area contributed by atoms with Crippen molar-refractivity contribution < 1.29 is 4.39 Å². The van der Waals surface area contributed by atoms with E-state index in [4.69, 9.17) is 5.73 Å². The zero-order chi connectivity index (χ0) is 9.42. The van der Waals surface area contributed by atoms with Crippen molar-refractivity contribution in [3.05, 3.63) is 28.9 Å². The highest BCUT2D eigenvalue weighted by atomic mass is 32.1. The smallest absolute Gasteiger partial charge is 0.127 e. The molecule has 0 aliphatic heterocycles. The van der Waals surface area contributed by atoms with Crippen LogP contribution in [0.4, 0.5) is 10.1 Å². The summed E-state index contributed by atoms with van der Waals surface area (Å²) >= 11 is 1.56. The van der Waals surface area contributed by atoms with Crippen LogP contribution in [0.15, 0.2) is 17.5 Å². The SMILES string of the molecule is CCc1cc2scc(N)c2cc1F. The minimum Gasteiger partial charge on any atom is -0.398 e. The first-order valence-electron chi connectivity index (χ1n) is 4.17. The van der Waals surface area contributed by atoms with Crippen LogP contribution in [-0.2, 0) is 6.42 Å². The van der Waals surface area contributed by atoms with Crippen LogP contribution in [0.5, 0.6) is 0 Å². The van der Waals surface area contributed by atoms with Crippen LogP contribution in [0.2, 0.25) is 0 Å². The van der Waals surface area contributed by atoms with E-state index < -0.39 is 0 Å². The molecule has 13 heavy (non-hydrogen) atoms. The maximum Gasteiger partial charge on any atom is 0.127 e. The van der Waals surface area contributed by atoms with E-state index in [2.05, 4.69) is 0 Å². The predicted molar refractivity (Wildman–Crippen MR) is 55.6 cm³/mol. The molecule has 2 aromatic rings. The normalized spacial score (nSPS) is 10.9. The molecule has 1 heterocycles. The van der Waals surface area contributed by atoms with Crippen LogP contribution >= 0.6 is 11.3 Å². The molecular formula is C10H10FNS. The van der Waals surface area contributed by atoms with E-state index in [9.17, 15) is 4.39 Å². The number of benzene rings is 1. The Morgan fingerprint density at radius 1 is 1.46 bits per heavy atom. The minimum atomic E-state index is -0.153. The number of nitrogen functional groups attached to an aromatic ring is 1. The summed E-state index contributed by atoms with van der Waals surface area (Å²) in [5, 5.41) is 2.68. The van der Waals surface area contributed by atoms with Gasteiger partial charge < -0.3 is 5.73 Å². The minimum absolute atomic E-state index is 0.153. The Balaban J connectivity index is 2.76. The van der Waals surface area contributed by atoms with Crippen LogP contribution in [0.1, 0.15) is 12.5 Å². The van der Waals surface area contributed by atoms with Gasteiger partial charge in [-0.15, -0.1) is 11.3 Å². The van der Waals surface area contributed by atoms with Crippen LogP contribution in [0.25, 0.3) is 10.1 Å². The van der Waals surface area contributed by atoms with E-state index in [0.29, 0.717) is 5.69 Å². The van der Waals surface area contributed by atoms with Gasteiger partial charge in [-0.2, -0.15) is 0 Å². The quantitative estimate of drug-likeness (QED) is 0.743. The van der Waals surface area contributed by atoms with E-state index in [1.54, 1.807) is 11.3 Å². The Bertz CT molecular complexity index is 447. The molecule has 0 saturated carbocycles. The predicted octanol–water partition coefficient (Wildman–Crippen LogP) is 3.19. The van der Waals surface area contributed by atoms with Gasteiger partial charge in [-0.05, 0) is 24.1 Å². The Labute approximate surface area is 80.0 Å². The van der Waals surface area contributed by atoms with Gasteiger partial charge in [0.25, 0.3) is 0 Å². The van der Waals surface area contributed by atoms with Crippen molar-refractivity contribution in [2.45, 2.75) is 13.3 Å². The van der Waals surface area contributed by atoms with Gasteiger partial charge in [-0.1, -0.05) is 6.92 Å². The summed E-state index contributed by atoms with van der Waals surface area (Å²) in [6, 6.07) is 3.41. The van der Waals surface area contributed by atoms with Crippen molar-refractivity contribution in [3.8, 4) is 0 Å². The molecule has 1 nitrogen and oxygen atoms in total. The third kappa shape index (κ3) is 1.29. The average Bonchev–Trinajstić information content (AvgIpc) is 2.47. The van der Waals surface area contributed by atoms with E-state index in [0.717, 1.165) is 22.1 Å². The summed E-state index contributed by atoms with van der Waals surface area (Å²) < 4.78 is 14.4. The standard InChI is InChI=1S/C10H10FNS/c1-2-6-3-10-7(4-8(6)11)9(12)5-13-10/h3-5H,2,12H2,1H3. The van der Waals surface area contributed by atoms with Crippen molar-refractivity contribution in [3.63, 3.8) is 0 Å². The number of nitrogens with two attached hydrogens (primary N) is 1. The van der Waals surface area contributed by atoms with Gasteiger partial charge in [0.2, 0.25) is 0 Å². The van der Waals surface area contributed by atoms with E-state index in [-0.39, 0.29) is 5.82 Å². The molecule has 1 aromatic heterocycles. The third-order valence-electron chi connectivity index (χ3n) is 2.15. The highest BCUT2D eigenvalue weighted by Crippen LogP contribution is 2.30. The van der Waals surface area contributed by atoms with E-state index in [1.807, 2.05) is 18.4 Å². The monoisotopic (exact) mass is 195 g/mol. The largest absolute Gasteiger partial charge is 0.398 e. The van der Waals surface area contributed by atoms with Crippen LogP contribution in [0, 0.1) is 5.82 Å². The molecule has 0 saturated heterocycles. The van der Waals surface area contributed by atoms with E-state index in [1.165, 1.54) is 6.07 Å². The number of thiophene rings is 1. The fraction of sp³-hybridized carbons (Fsp3) is 0.200. The first-order valence-corrected chi connectivity index (χ1v) is 5.05. The second-order valence-electron chi connectivity index (χ2n) is 2.98. The van der Waals surface area contributed by atoms with Gasteiger partial charge in [0, 0.05) is 15.5 Å². The summed E-state index contributed by atoms with van der Waals surface area (Å²) in [5.41, 5.74) is 7.11. The molecule has 0 spiro atoms. The molecule has 3 heteroatoms. The molecule has 2 N–H and O–H groups in total. The molecule has 0 fully saturated rings. The Hall–Kier alpha value is -1.09. The number of anilines is 1. The highest BCUT2D eigenvalue weighted by Gasteiger charge is 2.06. The third-order valence-corrected chi connectivity index (χ3v) is 3.12. The zero-order valence-electron chi connectivity index (χ0n) is 7.30. The van der Waals surface area contributed by atoms with Gasteiger partial charge >= 0.3 is 0 Å². The van der Waals surface area contributed by atoms with Gasteiger partial charge in [0.15, 0.2) is 0 Å². The lowest BCUT2D eigenvalue weighted by atomic mass is 10.1. The van der Waals surface area contributed by atoms with Gasteiger partial charge in [0.1, 0.15) is 5.82 Å². The molecule has 0 amide bonds. The Morgan fingerprint density at radius 2 is 2.23 bits per heavy atom. The maximum atomic E-state index is 13.3. The van der Waals surface area contributed by atoms with Crippen LogP contribution in [-0.4, -0.2) is 0 Å². The topological polar surface area (TPSA) is 26.0 Å². The van der Waals surface area contributed by atoms with Crippen molar-refractivity contribution in [1.29, 1.82) is 0 Å². The molecule has 0 radical (unpaired) electrons.